The van der Waals surface area contributed by atoms with Gasteiger partial charge in [-0.25, -0.2) is 0 Å². The van der Waals surface area contributed by atoms with Gasteiger partial charge in [0, 0.05) is 29.2 Å². The maximum absolute atomic E-state index is 12.1. The van der Waals surface area contributed by atoms with E-state index in [1.165, 1.54) is 26.3 Å². The third-order valence-electron chi connectivity index (χ3n) is 6.43. The first-order chi connectivity index (χ1) is 16.9. The minimum Gasteiger partial charge on any atom is -0.515 e. The number of carbonyl (C=O) groups is 2. The van der Waals surface area contributed by atoms with Crippen LogP contribution in [0.15, 0.2) is 46.1 Å². The summed E-state index contributed by atoms with van der Waals surface area (Å²) in [6, 6.07) is 7.25. The van der Waals surface area contributed by atoms with Crippen molar-refractivity contribution in [1.82, 2.24) is 0 Å². The molecular formula is C30H38CoN2O4. The molecule has 1 radical (unpaired) electrons. The zero-order valence-electron chi connectivity index (χ0n) is 22.9. The Labute approximate surface area is 230 Å². The average Bonchev–Trinajstić information content (AvgIpc) is 2.75. The van der Waals surface area contributed by atoms with Gasteiger partial charge in [-0.1, -0.05) is 35.4 Å². The van der Waals surface area contributed by atoms with E-state index in [0.29, 0.717) is 0 Å². The number of nitrogens with zero attached hydrogens (tertiary/aromatic N) is 2. The van der Waals surface area contributed by atoms with Crippen molar-refractivity contribution in [3.05, 3.63) is 80.6 Å². The smallest absolute Gasteiger partial charge is 0.164 e. The molecule has 2 aromatic carbocycles. The zero-order chi connectivity index (χ0) is 27.2. The molecule has 0 aromatic heterocycles. The largest absolute Gasteiger partial charge is 0.515 e. The van der Waals surface area contributed by atoms with Crippen molar-refractivity contribution in [3.8, 4) is 0 Å². The van der Waals surface area contributed by atoms with Gasteiger partial charge < -0.3 is 10.2 Å². The molecule has 0 spiro atoms. The fraction of sp³-hybridized carbons (Fsp3) is 0.400. The van der Waals surface area contributed by atoms with Crippen LogP contribution in [-0.2, 0) is 26.4 Å². The van der Waals surface area contributed by atoms with Crippen molar-refractivity contribution in [1.29, 1.82) is 0 Å². The van der Waals surface area contributed by atoms with E-state index in [1.807, 2.05) is 41.5 Å². The molecule has 2 rings (SSSR count). The SMILES string of the molecule is CC(=O)/C(C=N[C@H](c1c(C)cc(C)cc1C)[C@H](N=CC(CO)C(C)=O)c1c(C)cc(C)cc1C)=C/O.[Co]. The second kappa shape index (κ2) is 14.2. The topological polar surface area (TPSA) is 99.3 Å². The first kappa shape index (κ1) is 32.2. The average molecular weight is 550 g/mol. The summed E-state index contributed by atoms with van der Waals surface area (Å²) < 4.78 is 0. The summed E-state index contributed by atoms with van der Waals surface area (Å²) in [6.45, 7) is 14.6. The van der Waals surface area contributed by atoms with Gasteiger partial charge in [-0.15, -0.1) is 0 Å². The second-order valence-electron chi connectivity index (χ2n) is 9.63. The summed E-state index contributed by atoms with van der Waals surface area (Å²) in [6.07, 6.45) is 3.67. The number of aliphatic hydroxyl groups is 2. The Morgan fingerprint density at radius 3 is 1.54 bits per heavy atom. The van der Waals surface area contributed by atoms with Crippen LogP contribution in [-0.4, -0.2) is 40.8 Å². The molecule has 1 unspecified atom stereocenters. The molecule has 2 aromatic rings. The molecule has 201 valence electrons. The summed E-state index contributed by atoms with van der Waals surface area (Å²) in [5.41, 5.74) is 8.38. The number of hydrogen-bond acceptors (Lipinski definition) is 6. The van der Waals surface area contributed by atoms with E-state index < -0.39 is 18.0 Å². The Morgan fingerprint density at radius 2 is 1.22 bits per heavy atom. The van der Waals surface area contributed by atoms with Crippen molar-refractivity contribution in [2.75, 3.05) is 6.61 Å². The maximum Gasteiger partial charge on any atom is 0.164 e. The third-order valence-corrected chi connectivity index (χ3v) is 6.43. The van der Waals surface area contributed by atoms with Crippen molar-refractivity contribution in [2.45, 2.75) is 67.5 Å². The number of rotatable bonds is 10. The molecule has 0 aliphatic carbocycles. The second-order valence-corrected chi connectivity index (χ2v) is 9.63. The van der Waals surface area contributed by atoms with Gasteiger partial charge >= 0.3 is 0 Å². The first-order valence-electron chi connectivity index (χ1n) is 12.1. The van der Waals surface area contributed by atoms with E-state index >= 15 is 0 Å². The number of benzene rings is 2. The van der Waals surface area contributed by atoms with Crippen LogP contribution in [0.4, 0.5) is 0 Å². The fourth-order valence-corrected chi connectivity index (χ4v) is 4.80. The van der Waals surface area contributed by atoms with Gasteiger partial charge in [-0.3, -0.25) is 19.6 Å². The van der Waals surface area contributed by atoms with Crippen molar-refractivity contribution in [3.63, 3.8) is 0 Å². The molecule has 2 N–H and O–H groups in total. The number of aryl methyl sites for hydroxylation is 6. The van der Waals surface area contributed by atoms with Gasteiger partial charge in [-0.2, -0.15) is 0 Å². The van der Waals surface area contributed by atoms with Crippen molar-refractivity contribution >= 4 is 24.0 Å². The van der Waals surface area contributed by atoms with Gasteiger partial charge in [0.1, 0.15) is 17.9 Å². The van der Waals surface area contributed by atoms with Crippen molar-refractivity contribution < 1.29 is 36.6 Å². The maximum atomic E-state index is 12.1. The molecule has 0 aliphatic heterocycles. The number of hydrogen-bond donors (Lipinski definition) is 2. The molecule has 0 saturated heterocycles. The van der Waals surface area contributed by atoms with Crippen LogP contribution < -0.4 is 0 Å². The van der Waals surface area contributed by atoms with E-state index in [1.54, 1.807) is 0 Å². The molecule has 37 heavy (non-hydrogen) atoms. The molecule has 0 bridgehead atoms. The molecule has 0 heterocycles. The van der Waals surface area contributed by atoms with Gasteiger partial charge in [-0.05, 0) is 88.8 Å². The number of aliphatic imine (C=N–C) groups is 2. The predicted molar refractivity (Wildman–Crippen MR) is 146 cm³/mol. The first-order valence-corrected chi connectivity index (χ1v) is 12.1. The Morgan fingerprint density at radius 1 is 0.811 bits per heavy atom. The molecule has 0 saturated carbocycles. The van der Waals surface area contributed by atoms with E-state index in [2.05, 4.69) is 24.3 Å². The Bertz CT molecular complexity index is 1180. The zero-order valence-corrected chi connectivity index (χ0v) is 24.0. The minimum atomic E-state index is -0.728. The molecule has 7 heteroatoms. The molecule has 0 fully saturated rings. The monoisotopic (exact) mass is 549 g/mol. The van der Waals surface area contributed by atoms with E-state index in [4.69, 9.17) is 9.98 Å². The van der Waals surface area contributed by atoms with E-state index in [0.717, 1.165) is 50.8 Å². The summed E-state index contributed by atoms with van der Waals surface area (Å²) in [5, 5.41) is 19.4. The summed E-state index contributed by atoms with van der Waals surface area (Å²) in [4.78, 5) is 33.8. The van der Waals surface area contributed by atoms with Gasteiger partial charge in [0.25, 0.3) is 0 Å². The van der Waals surface area contributed by atoms with Crippen LogP contribution in [0.1, 0.15) is 70.4 Å². The summed E-state index contributed by atoms with van der Waals surface area (Å²) >= 11 is 0. The quantitative estimate of drug-likeness (QED) is 0.226. The number of carbonyl (C=O) groups excluding carboxylic acids is 2. The standard InChI is InChI=1S/C30H38N2O4.Co/c1-17-9-19(3)27(20(4)10-17)29(31-13-25(15-33)23(7)35)30(32-14-26(16-34)24(8)36)28-21(5)11-18(2)12-22(28)6;/h9-15,26,29-30,33-34H,16H2,1-8H3;/b25-15+,31-13?,32-14?;/t26?,29-,30-;/m1./s1. The van der Waals surface area contributed by atoms with Crippen LogP contribution in [0.25, 0.3) is 0 Å². The van der Waals surface area contributed by atoms with Crippen molar-refractivity contribution in [2.24, 2.45) is 15.9 Å². The molecule has 0 aliphatic rings. The van der Waals surface area contributed by atoms with Crippen LogP contribution in [0.5, 0.6) is 0 Å². The number of aliphatic hydroxyl groups excluding tert-OH is 2. The minimum absolute atomic E-state index is 0. The predicted octanol–water partition coefficient (Wildman–Crippen LogP) is 5.69. The molecule has 6 nitrogen and oxygen atoms in total. The van der Waals surface area contributed by atoms with Crippen LogP contribution >= 0.6 is 0 Å². The van der Waals surface area contributed by atoms with E-state index in [9.17, 15) is 19.8 Å². The third kappa shape index (κ3) is 8.05. The summed E-state index contributed by atoms with van der Waals surface area (Å²) in [5.74, 6) is -1.22. The Kier molecular flexibility index (Phi) is 12.3. The molecular weight excluding hydrogens is 511 g/mol. The number of Topliss-reactive ketones (excluding diaryl/α,β-unsaturated/α-hetero) is 2. The van der Waals surface area contributed by atoms with Gasteiger partial charge in [0.2, 0.25) is 0 Å². The Balaban J connectivity index is 0.00000684. The Hall–Kier alpha value is -2.87. The van der Waals surface area contributed by atoms with E-state index in [-0.39, 0.29) is 40.5 Å². The number of ketones is 2. The van der Waals surface area contributed by atoms with Crippen LogP contribution in [0.2, 0.25) is 0 Å². The van der Waals surface area contributed by atoms with Gasteiger partial charge in [0.15, 0.2) is 5.78 Å². The molecule has 0 amide bonds. The fourth-order valence-electron chi connectivity index (χ4n) is 4.80. The van der Waals surface area contributed by atoms with Crippen LogP contribution in [0.3, 0.4) is 0 Å². The van der Waals surface area contributed by atoms with Crippen LogP contribution in [0, 0.1) is 47.5 Å². The number of allylic oxidation sites excluding steroid dienone is 1. The molecule has 3 atom stereocenters. The summed E-state index contributed by atoms with van der Waals surface area (Å²) in [7, 11) is 0. The normalized spacial score (nSPS) is 14.5. The van der Waals surface area contributed by atoms with Gasteiger partial charge in [0.05, 0.1) is 24.4 Å².